The fraction of sp³-hybridized carbons (Fsp3) is 0.571. The van der Waals surface area contributed by atoms with Gasteiger partial charge >= 0.3 is 0 Å². The van der Waals surface area contributed by atoms with Crippen LogP contribution in [0, 0.1) is 17.2 Å². The van der Waals surface area contributed by atoms with Crippen molar-refractivity contribution >= 4 is 0 Å². The molecule has 2 heteroatoms. The summed E-state index contributed by atoms with van der Waals surface area (Å²) < 4.78 is 5.85. The second kappa shape index (κ2) is 10.2. The molecule has 1 saturated carbocycles. The molecule has 1 fully saturated rings. The summed E-state index contributed by atoms with van der Waals surface area (Å²) in [6.45, 7) is 3.99. The molecule has 0 amide bonds. The normalized spacial score (nSPS) is 21.4. The van der Waals surface area contributed by atoms with Gasteiger partial charge in [-0.05, 0) is 74.5 Å². The molecule has 0 bridgehead atoms. The van der Waals surface area contributed by atoms with Crippen molar-refractivity contribution in [1.82, 2.24) is 0 Å². The number of ether oxygens (including phenoxy) is 1. The number of allylic oxidation sites excluding steroid dienone is 2. The van der Waals surface area contributed by atoms with Crippen LogP contribution < -0.4 is 0 Å². The Hall–Kier alpha value is -1.59. The van der Waals surface area contributed by atoms with Gasteiger partial charge in [0.2, 0.25) is 0 Å². The molecule has 0 heterocycles. The molecule has 0 N–H and O–H groups in total. The largest absolute Gasteiger partial charge is 0.381 e. The van der Waals surface area contributed by atoms with Crippen LogP contribution in [-0.2, 0) is 4.74 Å². The third-order valence-electron chi connectivity index (χ3n) is 4.77. The van der Waals surface area contributed by atoms with Crippen molar-refractivity contribution in [2.24, 2.45) is 5.92 Å². The van der Waals surface area contributed by atoms with Crippen LogP contribution in [0.4, 0.5) is 0 Å². The van der Waals surface area contributed by atoms with Crippen LogP contribution >= 0.6 is 0 Å². The van der Waals surface area contributed by atoms with Gasteiger partial charge in [-0.1, -0.05) is 31.2 Å². The molecular formula is C21H29NO. The number of unbranched alkanes of at least 4 members (excludes halogenated alkanes) is 1. The van der Waals surface area contributed by atoms with Crippen LogP contribution in [0.5, 0.6) is 0 Å². The maximum Gasteiger partial charge on any atom is 0.0991 e. The van der Waals surface area contributed by atoms with E-state index in [2.05, 4.69) is 37.3 Å². The lowest BCUT2D eigenvalue weighted by Crippen LogP contribution is -2.18. The van der Waals surface area contributed by atoms with Crippen LogP contribution in [0.1, 0.15) is 68.9 Å². The smallest absolute Gasteiger partial charge is 0.0991 e. The summed E-state index contributed by atoms with van der Waals surface area (Å²) in [5.41, 5.74) is 2.15. The molecule has 1 aliphatic carbocycles. The molecule has 1 aromatic rings. The van der Waals surface area contributed by atoms with Crippen LogP contribution in [0.2, 0.25) is 0 Å². The van der Waals surface area contributed by atoms with Crippen molar-refractivity contribution in [1.29, 1.82) is 5.26 Å². The molecular weight excluding hydrogens is 282 g/mol. The molecule has 2 nitrogen and oxygen atoms in total. The molecule has 0 unspecified atom stereocenters. The molecule has 0 atom stereocenters. The number of hydrogen-bond donors (Lipinski definition) is 0. The number of hydrogen-bond acceptors (Lipinski definition) is 2. The Morgan fingerprint density at radius 2 is 1.87 bits per heavy atom. The van der Waals surface area contributed by atoms with E-state index in [1.54, 1.807) is 0 Å². The lowest BCUT2D eigenvalue weighted by atomic mass is 9.79. The third-order valence-corrected chi connectivity index (χ3v) is 4.77. The molecule has 0 aliphatic heterocycles. The molecule has 23 heavy (non-hydrogen) atoms. The Labute approximate surface area is 141 Å². The lowest BCUT2D eigenvalue weighted by molar-refractivity contribution is 0.0815. The first-order valence-corrected chi connectivity index (χ1v) is 9.06. The van der Waals surface area contributed by atoms with E-state index in [-0.39, 0.29) is 0 Å². The van der Waals surface area contributed by atoms with Crippen LogP contribution in [-0.4, -0.2) is 13.2 Å². The first kappa shape index (κ1) is 17.8. The van der Waals surface area contributed by atoms with Gasteiger partial charge in [0.25, 0.3) is 0 Å². The predicted octanol–water partition coefficient (Wildman–Crippen LogP) is 5.60. The SMILES string of the molecule is CCC=CCCCOCC1CCC(c2ccc(C#N)cc2)CC1. The zero-order valence-corrected chi connectivity index (χ0v) is 14.3. The maximum absolute atomic E-state index is 8.87. The van der Waals surface area contributed by atoms with E-state index in [4.69, 9.17) is 10.00 Å². The zero-order valence-electron chi connectivity index (χ0n) is 14.3. The Morgan fingerprint density at radius 1 is 1.13 bits per heavy atom. The molecule has 0 saturated heterocycles. The van der Waals surface area contributed by atoms with Gasteiger partial charge in [-0.15, -0.1) is 0 Å². The first-order valence-electron chi connectivity index (χ1n) is 9.06. The minimum absolute atomic E-state index is 0.665. The highest BCUT2D eigenvalue weighted by Gasteiger charge is 2.22. The quantitative estimate of drug-likeness (QED) is 0.463. The van der Waals surface area contributed by atoms with Gasteiger partial charge in [0, 0.05) is 13.2 Å². The summed E-state index contributed by atoms with van der Waals surface area (Å²) in [5, 5.41) is 8.87. The highest BCUT2D eigenvalue weighted by atomic mass is 16.5. The minimum atomic E-state index is 0.665. The van der Waals surface area contributed by atoms with Gasteiger partial charge in [0.1, 0.15) is 0 Å². The fourth-order valence-electron chi connectivity index (χ4n) is 3.33. The highest BCUT2D eigenvalue weighted by molar-refractivity contribution is 5.33. The monoisotopic (exact) mass is 311 g/mol. The van der Waals surface area contributed by atoms with Gasteiger partial charge in [0.05, 0.1) is 11.6 Å². The van der Waals surface area contributed by atoms with Crippen LogP contribution in [0.3, 0.4) is 0 Å². The summed E-state index contributed by atoms with van der Waals surface area (Å²) in [5.74, 6) is 1.40. The second-order valence-corrected chi connectivity index (χ2v) is 6.55. The summed E-state index contributed by atoms with van der Waals surface area (Å²) in [6, 6.07) is 10.3. The fourth-order valence-corrected chi connectivity index (χ4v) is 3.33. The number of nitriles is 1. The van der Waals surface area contributed by atoms with Gasteiger partial charge < -0.3 is 4.74 Å². The zero-order chi connectivity index (χ0) is 16.3. The van der Waals surface area contributed by atoms with Gasteiger partial charge in [-0.2, -0.15) is 5.26 Å². The van der Waals surface area contributed by atoms with E-state index in [0.717, 1.165) is 44.0 Å². The number of nitrogens with zero attached hydrogens (tertiary/aromatic N) is 1. The van der Waals surface area contributed by atoms with Crippen molar-refractivity contribution in [3.05, 3.63) is 47.5 Å². The minimum Gasteiger partial charge on any atom is -0.381 e. The third kappa shape index (κ3) is 6.20. The second-order valence-electron chi connectivity index (χ2n) is 6.55. The van der Waals surface area contributed by atoms with Crippen molar-refractivity contribution in [3.63, 3.8) is 0 Å². The Bertz CT molecular complexity index is 504. The van der Waals surface area contributed by atoms with E-state index >= 15 is 0 Å². The summed E-state index contributed by atoms with van der Waals surface area (Å²) >= 11 is 0. The molecule has 0 spiro atoms. The standard InChI is InChI=1S/C21H29NO/c1-2-3-4-5-6-15-23-17-19-9-13-21(14-10-19)20-11-7-18(16-22)8-12-20/h3-4,7-8,11-12,19,21H,2,5-6,9-10,13-15,17H2,1H3. The maximum atomic E-state index is 8.87. The van der Waals surface area contributed by atoms with E-state index < -0.39 is 0 Å². The molecule has 0 radical (unpaired) electrons. The lowest BCUT2D eigenvalue weighted by Gasteiger charge is -2.28. The average molecular weight is 311 g/mol. The van der Waals surface area contributed by atoms with E-state index in [9.17, 15) is 0 Å². The van der Waals surface area contributed by atoms with Crippen molar-refractivity contribution in [2.45, 2.75) is 57.8 Å². The molecule has 124 valence electrons. The molecule has 0 aromatic heterocycles. The van der Waals surface area contributed by atoms with Crippen molar-refractivity contribution in [2.75, 3.05) is 13.2 Å². The number of rotatable bonds is 8. The summed E-state index contributed by atoms with van der Waals surface area (Å²) in [4.78, 5) is 0. The molecule has 2 rings (SSSR count). The van der Waals surface area contributed by atoms with Crippen LogP contribution in [0.15, 0.2) is 36.4 Å². The average Bonchev–Trinajstić information content (AvgIpc) is 2.61. The molecule has 1 aromatic carbocycles. The Balaban J connectivity index is 1.62. The van der Waals surface area contributed by atoms with Crippen molar-refractivity contribution < 1.29 is 4.74 Å². The first-order chi connectivity index (χ1) is 11.3. The van der Waals surface area contributed by atoms with Gasteiger partial charge in [-0.3, -0.25) is 0 Å². The summed E-state index contributed by atoms with van der Waals surface area (Å²) in [7, 11) is 0. The van der Waals surface area contributed by atoms with Gasteiger partial charge in [-0.25, -0.2) is 0 Å². The van der Waals surface area contributed by atoms with Crippen molar-refractivity contribution in [3.8, 4) is 6.07 Å². The number of benzene rings is 1. The van der Waals surface area contributed by atoms with E-state index in [0.29, 0.717) is 5.92 Å². The van der Waals surface area contributed by atoms with E-state index in [1.807, 2.05) is 12.1 Å². The summed E-state index contributed by atoms with van der Waals surface area (Å²) in [6.07, 6.45) is 12.9. The highest BCUT2D eigenvalue weighted by Crippen LogP contribution is 2.35. The topological polar surface area (TPSA) is 33.0 Å². The Morgan fingerprint density at radius 3 is 2.52 bits per heavy atom. The van der Waals surface area contributed by atoms with E-state index in [1.165, 1.54) is 31.2 Å². The Kier molecular flexibility index (Phi) is 7.90. The van der Waals surface area contributed by atoms with Crippen LogP contribution in [0.25, 0.3) is 0 Å². The molecule has 1 aliphatic rings. The van der Waals surface area contributed by atoms with Gasteiger partial charge in [0.15, 0.2) is 0 Å². The predicted molar refractivity (Wildman–Crippen MR) is 95.3 cm³/mol.